The Labute approximate surface area is 149 Å². The van der Waals surface area contributed by atoms with E-state index in [4.69, 9.17) is 9.47 Å². The summed E-state index contributed by atoms with van der Waals surface area (Å²) in [5, 5.41) is 6.74. The molecule has 1 saturated heterocycles. The van der Waals surface area contributed by atoms with Crippen LogP contribution in [-0.4, -0.2) is 56.5 Å². The summed E-state index contributed by atoms with van der Waals surface area (Å²) in [5.41, 5.74) is 2.29. The second-order valence-corrected chi connectivity index (χ2v) is 6.04. The number of piperazine rings is 1. The van der Waals surface area contributed by atoms with E-state index in [0.717, 1.165) is 49.8 Å². The zero-order chi connectivity index (χ0) is 17.5. The molecule has 0 aliphatic carbocycles. The van der Waals surface area contributed by atoms with Gasteiger partial charge in [0.25, 0.3) is 0 Å². The quantitative estimate of drug-likeness (QED) is 0.759. The third-order valence-electron chi connectivity index (χ3n) is 4.39. The smallest absolute Gasteiger partial charge is 0.169 e. The van der Waals surface area contributed by atoms with E-state index in [1.807, 2.05) is 24.4 Å². The molecule has 2 aromatic rings. The number of methoxy groups -OCH3 is 2. The summed E-state index contributed by atoms with van der Waals surface area (Å²) in [4.78, 5) is 2.47. The third kappa shape index (κ3) is 4.51. The predicted molar refractivity (Wildman–Crippen MR) is 100 cm³/mol. The Morgan fingerprint density at radius 3 is 2.36 bits per heavy atom. The van der Waals surface area contributed by atoms with Crippen molar-refractivity contribution in [3.8, 4) is 11.5 Å². The maximum absolute atomic E-state index is 5.45. The maximum atomic E-state index is 5.45. The Hall–Kier alpha value is -2.53. The van der Waals surface area contributed by atoms with Crippen molar-refractivity contribution in [1.29, 1.82) is 0 Å². The highest BCUT2D eigenvalue weighted by molar-refractivity contribution is 5.84. The molecule has 1 aliphatic rings. The number of para-hydroxylation sites is 1. The topological polar surface area (TPSA) is 37.3 Å². The number of hydrogen-bond donors (Lipinski definition) is 0. The van der Waals surface area contributed by atoms with Crippen LogP contribution in [0.25, 0.3) is 0 Å². The molecule has 25 heavy (non-hydrogen) atoms. The van der Waals surface area contributed by atoms with Crippen LogP contribution in [0.5, 0.6) is 11.5 Å². The largest absolute Gasteiger partial charge is 0.493 e. The number of rotatable bonds is 6. The number of benzene rings is 2. The average molecular weight is 339 g/mol. The van der Waals surface area contributed by atoms with Gasteiger partial charge in [-0.1, -0.05) is 36.4 Å². The molecule has 0 saturated carbocycles. The molecule has 132 valence electrons. The molecule has 1 heterocycles. The highest BCUT2D eigenvalue weighted by atomic mass is 16.5. The van der Waals surface area contributed by atoms with Crippen LogP contribution in [0.1, 0.15) is 11.1 Å². The molecule has 0 atom stereocenters. The summed E-state index contributed by atoms with van der Waals surface area (Å²) < 4.78 is 10.8. The van der Waals surface area contributed by atoms with Crippen LogP contribution in [0.4, 0.5) is 0 Å². The molecular weight excluding hydrogens is 314 g/mol. The Morgan fingerprint density at radius 2 is 1.68 bits per heavy atom. The standard InChI is InChI=1S/C20H25N3O2/c1-24-19-10-6-9-18(20(19)25-2)15-21-23-13-11-22(12-14-23)16-17-7-4-3-5-8-17/h3-10,15H,11-14,16H2,1-2H3. The van der Waals surface area contributed by atoms with Crippen molar-refractivity contribution in [3.63, 3.8) is 0 Å². The van der Waals surface area contributed by atoms with Crippen molar-refractivity contribution in [2.24, 2.45) is 5.10 Å². The van der Waals surface area contributed by atoms with E-state index in [-0.39, 0.29) is 0 Å². The molecule has 0 spiro atoms. The van der Waals surface area contributed by atoms with Gasteiger partial charge >= 0.3 is 0 Å². The first-order valence-electron chi connectivity index (χ1n) is 8.56. The second-order valence-electron chi connectivity index (χ2n) is 6.04. The van der Waals surface area contributed by atoms with Gasteiger partial charge in [0.15, 0.2) is 11.5 Å². The van der Waals surface area contributed by atoms with Crippen LogP contribution >= 0.6 is 0 Å². The average Bonchev–Trinajstić information content (AvgIpc) is 2.67. The molecule has 0 unspecified atom stereocenters. The highest BCUT2D eigenvalue weighted by Crippen LogP contribution is 2.29. The van der Waals surface area contributed by atoms with Crippen LogP contribution in [-0.2, 0) is 6.54 Å². The Morgan fingerprint density at radius 1 is 0.920 bits per heavy atom. The van der Waals surface area contributed by atoms with E-state index in [0.29, 0.717) is 0 Å². The fraction of sp³-hybridized carbons (Fsp3) is 0.350. The molecule has 0 amide bonds. The van der Waals surface area contributed by atoms with E-state index in [2.05, 4.69) is 45.3 Å². The van der Waals surface area contributed by atoms with Gasteiger partial charge in [-0.2, -0.15) is 5.10 Å². The number of ether oxygens (including phenoxy) is 2. The van der Waals surface area contributed by atoms with Crippen LogP contribution in [0, 0.1) is 0 Å². The van der Waals surface area contributed by atoms with E-state index < -0.39 is 0 Å². The van der Waals surface area contributed by atoms with Crippen LogP contribution < -0.4 is 9.47 Å². The number of hydrogen-bond acceptors (Lipinski definition) is 5. The number of hydrazone groups is 1. The van der Waals surface area contributed by atoms with E-state index >= 15 is 0 Å². The molecule has 5 nitrogen and oxygen atoms in total. The molecule has 0 bridgehead atoms. The fourth-order valence-corrected chi connectivity index (χ4v) is 3.01. The summed E-state index contributed by atoms with van der Waals surface area (Å²) in [7, 11) is 3.29. The zero-order valence-corrected chi connectivity index (χ0v) is 14.9. The normalized spacial score (nSPS) is 15.5. The predicted octanol–water partition coefficient (Wildman–Crippen LogP) is 2.86. The summed E-state index contributed by atoms with van der Waals surface area (Å²) in [6.07, 6.45) is 1.86. The molecule has 0 N–H and O–H groups in total. The van der Waals surface area contributed by atoms with E-state index in [1.54, 1.807) is 14.2 Å². The van der Waals surface area contributed by atoms with Gasteiger partial charge < -0.3 is 9.47 Å². The van der Waals surface area contributed by atoms with Crippen molar-refractivity contribution in [3.05, 3.63) is 59.7 Å². The lowest BCUT2D eigenvalue weighted by molar-refractivity contribution is 0.131. The lowest BCUT2D eigenvalue weighted by atomic mass is 10.2. The summed E-state index contributed by atoms with van der Waals surface area (Å²) >= 11 is 0. The molecule has 0 aromatic heterocycles. The molecule has 0 radical (unpaired) electrons. The van der Waals surface area contributed by atoms with Gasteiger partial charge in [-0.3, -0.25) is 9.91 Å². The number of nitrogens with zero attached hydrogens (tertiary/aromatic N) is 3. The minimum atomic E-state index is 0.719. The van der Waals surface area contributed by atoms with Crippen molar-refractivity contribution >= 4 is 6.21 Å². The van der Waals surface area contributed by atoms with Crippen molar-refractivity contribution in [2.45, 2.75) is 6.54 Å². The summed E-state index contributed by atoms with van der Waals surface area (Å²) in [6, 6.07) is 16.4. The Bertz CT molecular complexity index is 695. The van der Waals surface area contributed by atoms with E-state index in [1.165, 1.54) is 5.56 Å². The Balaban J connectivity index is 1.56. The van der Waals surface area contributed by atoms with E-state index in [9.17, 15) is 0 Å². The zero-order valence-electron chi connectivity index (χ0n) is 14.9. The van der Waals surface area contributed by atoms with Gasteiger partial charge in [-0.25, -0.2) is 0 Å². The second kappa shape index (κ2) is 8.53. The van der Waals surface area contributed by atoms with Crippen molar-refractivity contribution in [1.82, 2.24) is 9.91 Å². The van der Waals surface area contributed by atoms with Gasteiger partial charge in [-0.05, 0) is 17.7 Å². The fourth-order valence-electron chi connectivity index (χ4n) is 3.01. The molecule has 3 rings (SSSR count). The lowest BCUT2D eigenvalue weighted by Crippen LogP contribution is -2.43. The monoisotopic (exact) mass is 339 g/mol. The Kier molecular flexibility index (Phi) is 5.90. The van der Waals surface area contributed by atoms with Gasteiger partial charge in [-0.15, -0.1) is 0 Å². The minimum absolute atomic E-state index is 0.719. The van der Waals surface area contributed by atoms with Crippen LogP contribution in [0.3, 0.4) is 0 Å². The first-order valence-corrected chi connectivity index (χ1v) is 8.56. The molecule has 1 fully saturated rings. The highest BCUT2D eigenvalue weighted by Gasteiger charge is 2.15. The molecule has 1 aliphatic heterocycles. The molecule has 2 aromatic carbocycles. The molecular formula is C20H25N3O2. The van der Waals surface area contributed by atoms with Gasteiger partial charge in [0, 0.05) is 38.3 Å². The van der Waals surface area contributed by atoms with Crippen LogP contribution in [0.2, 0.25) is 0 Å². The van der Waals surface area contributed by atoms with Gasteiger partial charge in [0.05, 0.1) is 20.4 Å². The molecule has 5 heteroatoms. The van der Waals surface area contributed by atoms with Crippen LogP contribution in [0.15, 0.2) is 53.6 Å². The SMILES string of the molecule is COc1cccc(C=NN2CCN(Cc3ccccc3)CC2)c1OC. The summed E-state index contributed by atoms with van der Waals surface area (Å²) in [6.45, 7) is 4.89. The minimum Gasteiger partial charge on any atom is -0.493 e. The first kappa shape index (κ1) is 17.3. The first-order chi connectivity index (χ1) is 12.3. The van der Waals surface area contributed by atoms with Crippen molar-refractivity contribution in [2.75, 3.05) is 40.4 Å². The van der Waals surface area contributed by atoms with Crippen molar-refractivity contribution < 1.29 is 9.47 Å². The van der Waals surface area contributed by atoms with Gasteiger partial charge in [0.2, 0.25) is 0 Å². The third-order valence-corrected chi connectivity index (χ3v) is 4.39. The summed E-state index contributed by atoms with van der Waals surface area (Å²) in [5.74, 6) is 1.44. The van der Waals surface area contributed by atoms with Gasteiger partial charge in [0.1, 0.15) is 0 Å². The lowest BCUT2D eigenvalue weighted by Gasteiger charge is -2.33. The maximum Gasteiger partial charge on any atom is 0.169 e.